The Hall–Kier alpha value is -3.87. The highest BCUT2D eigenvalue weighted by molar-refractivity contribution is 6.00. The molecule has 3 amide bonds. The highest BCUT2D eigenvalue weighted by atomic mass is 16.2. The van der Waals surface area contributed by atoms with Gasteiger partial charge in [0.25, 0.3) is 11.8 Å². The molecule has 2 fully saturated rings. The first-order valence-electron chi connectivity index (χ1n) is 13.1. The molecule has 1 unspecified atom stereocenters. The lowest BCUT2D eigenvalue weighted by Gasteiger charge is -2.43. The third-order valence-corrected chi connectivity index (χ3v) is 7.81. The van der Waals surface area contributed by atoms with Crippen molar-refractivity contribution in [2.24, 2.45) is 0 Å². The predicted octanol–water partition coefficient (Wildman–Crippen LogP) is 4.04. The summed E-state index contributed by atoms with van der Waals surface area (Å²) in [6.07, 6.45) is 1.87. The topological polar surface area (TPSA) is 73.0 Å². The van der Waals surface area contributed by atoms with Crippen molar-refractivity contribution >= 4 is 34.2 Å². The maximum Gasteiger partial charge on any atom is 0.253 e. The average Bonchev–Trinajstić information content (AvgIpc) is 3.19. The van der Waals surface area contributed by atoms with Crippen LogP contribution in [0.2, 0.25) is 0 Å². The Morgan fingerprint density at radius 3 is 2.32 bits per heavy atom. The van der Waals surface area contributed by atoms with Gasteiger partial charge >= 0.3 is 0 Å². The number of nitrogens with one attached hydrogen (secondary N) is 1. The molecule has 192 valence electrons. The van der Waals surface area contributed by atoms with Crippen molar-refractivity contribution in [1.82, 2.24) is 15.1 Å². The zero-order valence-corrected chi connectivity index (χ0v) is 21.5. The molecular weight excluding hydrogens is 464 g/mol. The third kappa shape index (κ3) is 4.78. The molecule has 5 rings (SSSR count). The van der Waals surface area contributed by atoms with Crippen LogP contribution in [-0.2, 0) is 9.59 Å². The minimum Gasteiger partial charge on any atom is -0.352 e. The van der Waals surface area contributed by atoms with Crippen LogP contribution in [0.1, 0.15) is 43.5 Å². The molecule has 37 heavy (non-hydrogen) atoms. The molecule has 1 spiro atoms. The molecule has 2 heterocycles. The second-order valence-electron chi connectivity index (χ2n) is 10.2. The third-order valence-electron chi connectivity index (χ3n) is 7.81. The average molecular weight is 499 g/mol. The molecule has 0 aliphatic carbocycles. The van der Waals surface area contributed by atoms with E-state index < -0.39 is 5.54 Å². The van der Waals surface area contributed by atoms with Crippen molar-refractivity contribution in [3.63, 3.8) is 0 Å². The molecule has 0 radical (unpaired) electrons. The van der Waals surface area contributed by atoms with E-state index in [1.165, 1.54) is 0 Å². The first-order chi connectivity index (χ1) is 17.9. The number of carbonyl (C=O) groups excluding carboxylic acids is 3. The molecule has 3 aromatic rings. The number of rotatable bonds is 6. The summed E-state index contributed by atoms with van der Waals surface area (Å²) in [6.45, 7) is 5.33. The summed E-state index contributed by atoms with van der Waals surface area (Å²) in [4.78, 5) is 45.5. The number of fused-ring (bicyclic) bond motifs is 1. The van der Waals surface area contributed by atoms with Crippen molar-refractivity contribution < 1.29 is 14.4 Å². The van der Waals surface area contributed by atoms with Crippen LogP contribution in [-0.4, -0.2) is 65.4 Å². The number of para-hydroxylation sites is 1. The molecular formula is C30H34N4O3. The summed E-state index contributed by atoms with van der Waals surface area (Å²) in [7, 11) is 0. The van der Waals surface area contributed by atoms with Gasteiger partial charge in [0, 0.05) is 30.4 Å². The second-order valence-corrected chi connectivity index (χ2v) is 10.2. The maximum atomic E-state index is 13.9. The molecule has 7 nitrogen and oxygen atoms in total. The van der Waals surface area contributed by atoms with Crippen LogP contribution in [0.15, 0.2) is 72.8 Å². The van der Waals surface area contributed by atoms with Crippen molar-refractivity contribution in [3.05, 3.63) is 78.4 Å². The number of benzene rings is 3. The first-order valence-corrected chi connectivity index (χ1v) is 13.1. The summed E-state index contributed by atoms with van der Waals surface area (Å²) < 4.78 is 0. The summed E-state index contributed by atoms with van der Waals surface area (Å²) in [5.41, 5.74) is 0.851. The predicted molar refractivity (Wildman–Crippen MR) is 145 cm³/mol. The smallest absolute Gasteiger partial charge is 0.253 e. The lowest BCUT2D eigenvalue weighted by Crippen LogP contribution is -2.57. The van der Waals surface area contributed by atoms with Gasteiger partial charge in [0.05, 0.1) is 6.67 Å². The second kappa shape index (κ2) is 10.2. The molecule has 0 aromatic heterocycles. The maximum absolute atomic E-state index is 13.9. The number of carbonyl (C=O) groups is 3. The van der Waals surface area contributed by atoms with E-state index in [1.807, 2.05) is 91.5 Å². The van der Waals surface area contributed by atoms with Gasteiger partial charge in [-0.25, -0.2) is 0 Å². The summed E-state index contributed by atoms with van der Waals surface area (Å²) in [5.74, 6) is -0.188. The van der Waals surface area contributed by atoms with Gasteiger partial charge in [-0.1, -0.05) is 55.5 Å². The van der Waals surface area contributed by atoms with Crippen molar-refractivity contribution in [2.75, 3.05) is 31.2 Å². The number of nitrogens with zero attached hydrogens (tertiary/aromatic N) is 3. The van der Waals surface area contributed by atoms with Gasteiger partial charge < -0.3 is 20.0 Å². The van der Waals surface area contributed by atoms with Crippen molar-refractivity contribution in [1.29, 1.82) is 0 Å². The van der Waals surface area contributed by atoms with Crippen LogP contribution in [0, 0.1) is 0 Å². The Morgan fingerprint density at radius 2 is 1.62 bits per heavy atom. The number of likely N-dealkylation sites (tertiary alicyclic amines) is 1. The molecule has 0 saturated carbocycles. The van der Waals surface area contributed by atoms with Crippen LogP contribution in [0.4, 0.5) is 5.69 Å². The fourth-order valence-electron chi connectivity index (χ4n) is 5.50. The largest absolute Gasteiger partial charge is 0.352 e. The van der Waals surface area contributed by atoms with E-state index in [2.05, 4.69) is 10.2 Å². The van der Waals surface area contributed by atoms with Gasteiger partial charge in [0.15, 0.2) is 0 Å². The minimum atomic E-state index is -0.766. The molecule has 2 aliphatic heterocycles. The molecule has 0 bridgehead atoms. The van der Waals surface area contributed by atoms with Crippen molar-refractivity contribution in [2.45, 2.75) is 44.7 Å². The Kier molecular flexibility index (Phi) is 6.87. The monoisotopic (exact) mass is 498 g/mol. The Labute approximate surface area is 218 Å². The number of anilines is 1. The van der Waals surface area contributed by atoms with Gasteiger partial charge in [-0.15, -0.1) is 0 Å². The number of hydrogen-bond acceptors (Lipinski definition) is 4. The van der Waals surface area contributed by atoms with Gasteiger partial charge in [0.2, 0.25) is 5.91 Å². The molecule has 2 saturated heterocycles. The summed E-state index contributed by atoms with van der Waals surface area (Å²) in [6, 6.07) is 23.8. The van der Waals surface area contributed by atoms with E-state index in [0.717, 1.165) is 22.9 Å². The molecule has 3 aromatic carbocycles. The van der Waals surface area contributed by atoms with Crippen LogP contribution in [0.3, 0.4) is 0 Å². The molecule has 1 atom stereocenters. The quantitative estimate of drug-likeness (QED) is 0.557. The zero-order valence-electron chi connectivity index (χ0n) is 21.5. The van der Waals surface area contributed by atoms with Crippen LogP contribution in [0.5, 0.6) is 0 Å². The number of amides is 3. The lowest BCUT2D eigenvalue weighted by atomic mass is 9.85. The fourth-order valence-corrected chi connectivity index (χ4v) is 5.50. The summed E-state index contributed by atoms with van der Waals surface area (Å²) in [5, 5.41) is 5.11. The Bertz CT molecular complexity index is 1300. The number of piperidine rings is 1. The van der Waals surface area contributed by atoms with Gasteiger partial charge in [0.1, 0.15) is 12.1 Å². The van der Waals surface area contributed by atoms with Gasteiger partial charge in [-0.2, -0.15) is 0 Å². The standard InChI is InChI=1S/C30H34N4O3/c1-3-22(2)31-27(35)20-33-21-34(26-11-5-4-6-12-26)30(29(33)37)15-17-32(18-16-30)28(36)25-14-13-23-9-7-8-10-24(23)19-25/h4-14,19,22H,3,15-18,20-21H2,1-2H3,(H,31,35). The van der Waals surface area contributed by atoms with Gasteiger partial charge in [-0.05, 0) is 61.2 Å². The number of hydrogen-bond donors (Lipinski definition) is 1. The minimum absolute atomic E-state index is 0.0119. The van der Waals surface area contributed by atoms with Crippen LogP contribution in [0.25, 0.3) is 10.8 Å². The summed E-state index contributed by atoms with van der Waals surface area (Å²) >= 11 is 0. The van der Waals surface area contributed by atoms with E-state index in [0.29, 0.717) is 38.2 Å². The van der Waals surface area contributed by atoms with E-state index in [1.54, 1.807) is 4.90 Å². The molecule has 1 N–H and O–H groups in total. The molecule has 7 heteroatoms. The van der Waals surface area contributed by atoms with Crippen LogP contribution < -0.4 is 10.2 Å². The van der Waals surface area contributed by atoms with E-state index in [9.17, 15) is 14.4 Å². The van der Waals surface area contributed by atoms with E-state index >= 15 is 0 Å². The van der Waals surface area contributed by atoms with Crippen molar-refractivity contribution in [3.8, 4) is 0 Å². The SMILES string of the molecule is CCC(C)NC(=O)CN1CN(c2ccccc2)C2(CCN(C(=O)c3ccc4ccccc4c3)CC2)C1=O. The fraction of sp³-hybridized carbons (Fsp3) is 0.367. The van der Waals surface area contributed by atoms with Crippen LogP contribution >= 0.6 is 0 Å². The zero-order chi connectivity index (χ0) is 26.0. The van der Waals surface area contributed by atoms with E-state index in [4.69, 9.17) is 0 Å². The Morgan fingerprint density at radius 1 is 0.946 bits per heavy atom. The van der Waals surface area contributed by atoms with E-state index in [-0.39, 0.29) is 30.3 Å². The van der Waals surface area contributed by atoms with Gasteiger partial charge in [-0.3, -0.25) is 14.4 Å². The highest BCUT2D eigenvalue weighted by Crippen LogP contribution is 2.39. The normalized spacial score (nSPS) is 17.9. The molecule has 2 aliphatic rings. The Balaban J connectivity index is 1.35. The first kappa shape index (κ1) is 24.8. The highest BCUT2D eigenvalue weighted by Gasteiger charge is 2.54. The lowest BCUT2D eigenvalue weighted by molar-refractivity contribution is -0.137.